The normalized spacial score (nSPS) is 11.6. The van der Waals surface area contributed by atoms with E-state index in [9.17, 15) is 18.8 Å². The van der Waals surface area contributed by atoms with Crippen LogP contribution in [0.25, 0.3) is 0 Å². The van der Waals surface area contributed by atoms with Crippen molar-refractivity contribution in [1.29, 1.82) is 0 Å². The zero-order chi connectivity index (χ0) is 16.0. The average Bonchev–Trinajstić information content (AvgIpc) is 2.40. The number of carboxylic acids is 1. The van der Waals surface area contributed by atoms with Gasteiger partial charge in [-0.2, -0.15) is 0 Å². The molecule has 0 aromatic heterocycles. The maximum atomic E-state index is 13.5. The van der Waals surface area contributed by atoms with Crippen LogP contribution >= 0.6 is 0 Å². The summed E-state index contributed by atoms with van der Waals surface area (Å²) < 4.78 is 13.5. The summed E-state index contributed by atoms with van der Waals surface area (Å²) in [5, 5.41) is 13.6. The molecule has 6 nitrogen and oxygen atoms in total. The molecule has 0 fully saturated rings. The first kappa shape index (κ1) is 16.6. The van der Waals surface area contributed by atoms with Crippen LogP contribution < -0.4 is 10.6 Å². The summed E-state index contributed by atoms with van der Waals surface area (Å²) in [6.45, 7) is 3.02. The highest BCUT2D eigenvalue weighted by molar-refractivity contribution is 5.98. The van der Waals surface area contributed by atoms with Gasteiger partial charge in [-0.1, -0.05) is 13.3 Å². The van der Waals surface area contributed by atoms with Gasteiger partial charge in [0.25, 0.3) is 5.91 Å². The van der Waals surface area contributed by atoms with Crippen molar-refractivity contribution in [2.24, 2.45) is 0 Å². The van der Waals surface area contributed by atoms with Gasteiger partial charge >= 0.3 is 5.97 Å². The fraction of sp³-hybridized carbons (Fsp3) is 0.357. The minimum atomic E-state index is -1.13. The number of nitrogens with one attached hydrogen (secondary N) is 2. The summed E-state index contributed by atoms with van der Waals surface area (Å²) in [5.74, 6) is -2.91. The van der Waals surface area contributed by atoms with Crippen molar-refractivity contribution in [1.82, 2.24) is 5.32 Å². The maximum Gasteiger partial charge on any atom is 0.326 e. The topological polar surface area (TPSA) is 95.5 Å². The minimum Gasteiger partial charge on any atom is -0.480 e. The molecule has 2 amide bonds. The summed E-state index contributed by atoms with van der Waals surface area (Å²) in [7, 11) is 0. The Morgan fingerprint density at radius 2 is 2.00 bits per heavy atom. The van der Waals surface area contributed by atoms with Crippen LogP contribution in [0.1, 0.15) is 37.0 Å². The second kappa shape index (κ2) is 7.37. The van der Waals surface area contributed by atoms with E-state index in [1.807, 2.05) is 0 Å². The molecule has 0 saturated carbocycles. The Morgan fingerprint density at radius 1 is 1.33 bits per heavy atom. The Balaban J connectivity index is 2.91. The Labute approximate surface area is 121 Å². The highest BCUT2D eigenvalue weighted by atomic mass is 19.1. The number of anilines is 1. The molecule has 0 aliphatic heterocycles. The van der Waals surface area contributed by atoms with Gasteiger partial charge in [0.15, 0.2) is 0 Å². The lowest BCUT2D eigenvalue weighted by Gasteiger charge is -2.14. The van der Waals surface area contributed by atoms with E-state index in [0.29, 0.717) is 12.8 Å². The Bertz CT molecular complexity index is 560. The second-order valence-corrected chi connectivity index (χ2v) is 4.53. The van der Waals surface area contributed by atoms with E-state index in [1.54, 1.807) is 6.92 Å². The summed E-state index contributed by atoms with van der Waals surface area (Å²) >= 11 is 0. The van der Waals surface area contributed by atoms with Crippen molar-refractivity contribution in [3.63, 3.8) is 0 Å². The predicted molar refractivity (Wildman–Crippen MR) is 74.5 cm³/mol. The third-order valence-corrected chi connectivity index (χ3v) is 2.72. The van der Waals surface area contributed by atoms with Gasteiger partial charge in [-0.15, -0.1) is 0 Å². The number of benzene rings is 1. The molecule has 0 aliphatic carbocycles. The van der Waals surface area contributed by atoms with Gasteiger partial charge in [-0.25, -0.2) is 9.18 Å². The molecule has 0 aliphatic rings. The monoisotopic (exact) mass is 296 g/mol. The third-order valence-electron chi connectivity index (χ3n) is 2.72. The van der Waals surface area contributed by atoms with Crippen LogP contribution in [0.5, 0.6) is 0 Å². The van der Waals surface area contributed by atoms with Gasteiger partial charge in [0.2, 0.25) is 5.91 Å². The lowest BCUT2D eigenvalue weighted by atomic mass is 10.1. The molecule has 0 bridgehead atoms. The van der Waals surface area contributed by atoms with Crippen LogP contribution in [0.3, 0.4) is 0 Å². The molecular weight excluding hydrogens is 279 g/mol. The zero-order valence-electron chi connectivity index (χ0n) is 11.8. The number of carbonyl (C=O) groups excluding carboxylic acids is 2. The van der Waals surface area contributed by atoms with Gasteiger partial charge < -0.3 is 15.7 Å². The van der Waals surface area contributed by atoms with Crippen LogP contribution in [0.15, 0.2) is 18.2 Å². The molecule has 0 radical (unpaired) electrons. The van der Waals surface area contributed by atoms with Gasteiger partial charge in [-0.05, 0) is 24.6 Å². The SMILES string of the molecule is CCCC(NC(=O)c1ccc(F)c(NC(C)=O)c1)C(=O)O. The maximum absolute atomic E-state index is 13.5. The lowest BCUT2D eigenvalue weighted by molar-refractivity contribution is -0.139. The van der Waals surface area contributed by atoms with E-state index in [1.165, 1.54) is 13.0 Å². The molecule has 21 heavy (non-hydrogen) atoms. The second-order valence-electron chi connectivity index (χ2n) is 4.53. The number of rotatable bonds is 6. The highest BCUT2D eigenvalue weighted by Gasteiger charge is 2.20. The first-order valence-electron chi connectivity index (χ1n) is 6.46. The molecule has 3 N–H and O–H groups in total. The average molecular weight is 296 g/mol. The number of hydrogen-bond acceptors (Lipinski definition) is 3. The Kier molecular flexibility index (Phi) is 5.83. The van der Waals surface area contributed by atoms with Crippen LogP contribution in [0.2, 0.25) is 0 Å². The van der Waals surface area contributed by atoms with E-state index in [-0.39, 0.29) is 11.3 Å². The van der Waals surface area contributed by atoms with Crippen LogP contribution in [-0.2, 0) is 9.59 Å². The number of amides is 2. The van der Waals surface area contributed by atoms with E-state index in [4.69, 9.17) is 5.11 Å². The van der Waals surface area contributed by atoms with Crippen molar-refractivity contribution >= 4 is 23.5 Å². The molecule has 0 heterocycles. The smallest absolute Gasteiger partial charge is 0.326 e. The number of halogens is 1. The van der Waals surface area contributed by atoms with E-state index in [2.05, 4.69) is 10.6 Å². The van der Waals surface area contributed by atoms with Crippen LogP contribution in [0.4, 0.5) is 10.1 Å². The molecule has 0 saturated heterocycles. The lowest BCUT2D eigenvalue weighted by Crippen LogP contribution is -2.40. The first-order valence-corrected chi connectivity index (χ1v) is 6.46. The highest BCUT2D eigenvalue weighted by Crippen LogP contribution is 2.16. The zero-order valence-corrected chi connectivity index (χ0v) is 11.8. The predicted octanol–water partition coefficient (Wildman–Crippen LogP) is 1.77. The van der Waals surface area contributed by atoms with E-state index in [0.717, 1.165) is 12.1 Å². The fourth-order valence-electron chi connectivity index (χ4n) is 1.74. The van der Waals surface area contributed by atoms with Gasteiger partial charge in [0.1, 0.15) is 11.9 Å². The molecule has 1 aromatic rings. The van der Waals surface area contributed by atoms with Crippen LogP contribution in [0, 0.1) is 5.82 Å². The van der Waals surface area contributed by atoms with Gasteiger partial charge in [0.05, 0.1) is 5.69 Å². The van der Waals surface area contributed by atoms with E-state index >= 15 is 0 Å². The standard InChI is InChI=1S/C14H17FN2O4/c1-3-4-11(14(20)21)17-13(19)9-5-6-10(15)12(7-9)16-8(2)18/h5-7,11H,3-4H2,1-2H3,(H,16,18)(H,17,19)(H,20,21). The van der Waals surface area contributed by atoms with Crippen molar-refractivity contribution in [2.75, 3.05) is 5.32 Å². The summed E-state index contributed by atoms with van der Waals surface area (Å²) in [4.78, 5) is 33.9. The summed E-state index contributed by atoms with van der Waals surface area (Å²) in [6, 6.07) is 2.42. The molecule has 7 heteroatoms. The summed E-state index contributed by atoms with van der Waals surface area (Å²) in [5.41, 5.74) is -0.0555. The quantitative estimate of drug-likeness (QED) is 0.745. The molecule has 1 rings (SSSR count). The Hall–Kier alpha value is -2.44. The third kappa shape index (κ3) is 4.87. The molecule has 1 atom stereocenters. The van der Waals surface area contributed by atoms with Crippen molar-refractivity contribution in [3.05, 3.63) is 29.6 Å². The molecule has 114 valence electrons. The largest absolute Gasteiger partial charge is 0.480 e. The van der Waals surface area contributed by atoms with Crippen LogP contribution in [-0.4, -0.2) is 28.9 Å². The number of aliphatic carboxylic acids is 1. The van der Waals surface area contributed by atoms with Crippen molar-refractivity contribution < 1.29 is 23.9 Å². The van der Waals surface area contributed by atoms with Gasteiger partial charge in [-0.3, -0.25) is 9.59 Å². The number of carbonyl (C=O) groups is 3. The van der Waals surface area contributed by atoms with E-state index < -0.39 is 29.6 Å². The Morgan fingerprint density at radius 3 is 2.52 bits per heavy atom. The van der Waals surface area contributed by atoms with Crippen molar-refractivity contribution in [3.8, 4) is 0 Å². The summed E-state index contributed by atoms with van der Waals surface area (Å²) in [6.07, 6.45) is 0.888. The molecular formula is C14H17FN2O4. The first-order chi connectivity index (χ1) is 9.85. The molecule has 1 unspecified atom stereocenters. The minimum absolute atomic E-state index is 0.0718. The number of hydrogen-bond donors (Lipinski definition) is 3. The number of carboxylic acid groups (broad SMARTS) is 1. The van der Waals surface area contributed by atoms with Crippen molar-refractivity contribution in [2.45, 2.75) is 32.7 Å². The molecule has 1 aromatic carbocycles. The van der Waals surface area contributed by atoms with Gasteiger partial charge in [0, 0.05) is 12.5 Å². The fourth-order valence-corrected chi connectivity index (χ4v) is 1.74. The molecule has 0 spiro atoms.